The number of carbonyl (C=O) groups excluding carboxylic acids is 2. The quantitative estimate of drug-likeness (QED) is 0.565. The van der Waals surface area contributed by atoms with Crippen molar-refractivity contribution in [2.45, 2.75) is 59.3 Å². The maximum Gasteiger partial charge on any atom is 0.306 e. The normalized spacial score (nSPS) is 10.2. The molecule has 0 fully saturated rings. The van der Waals surface area contributed by atoms with E-state index in [0.29, 0.717) is 6.61 Å². The molecule has 0 heterocycles. The lowest BCUT2D eigenvalue weighted by Gasteiger charge is -2.22. The first kappa shape index (κ1) is 16.9. The van der Waals surface area contributed by atoms with Gasteiger partial charge < -0.3 is 9.64 Å². The van der Waals surface area contributed by atoms with E-state index in [9.17, 15) is 9.59 Å². The van der Waals surface area contributed by atoms with E-state index in [1.807, 2.05) is 4.90 Å². The molecule has 0 aromatic rings. The fourth-order valence-corrected chi connectivity index (χ4v) is 1.66. The van der Waals surface area contributed by atoms with E-state index in [-0.39, 0.29) is 24.7 Å². The summed E-state index contributed by atoms with van der Waals surface area (Å²) in [6, 6.07) is 0. The minimum absolute atomic E-state index is 0.0740. The van der Waals surface area contributed by atoms with Gasteiger partial charge in [0.2, 0.25) is 5.91 Å². The molecule has 4 heteroatoms. The second kappa shape index (κ2) is 11.1. The van der Waals surface area contributed by atoms with Gasteiger partial charge in [-0.25, -0.2) is 0 Å². The van der Waals surface area contributed by atoms with Crippen LogP contribution in [0.15, 0.2) is 0 Å². The average Bonchev–Trinajstić information content (AvgIpc) is 2.36. The molecule has 0 unspecified atom stereocenters. The molecule has 0 rings (SSSR count). The molecule has 106 valence electrons. The summed E-state index contributed by atoms with van der Waals surface area (Å²) in [4.78, 5) is 25.1. The van der Waals surface area contributed by atoms with Gasteiger partial charge in [0.05, 0.1) is 13.0 Å². The van der Waals surface area contributed by atoms with Crippen LogP contribution in [-0.2, 0) is 14.3 Å². The molecule has 0 atom stereocenters. The molecule has 0 aliphatic carbocycles. The van der Waals surface area contributed by atoms with Crippen molar-refractivity contribution in [3.05, 3.63) is 0 Å². The van der Waals surface area contributed by atoms with Gasteiger partial charge in [-0.3, -0.25) is 9.59 Å². The van der Waals surface area contributed by atoms with Gasteiger partial charge in [0.15, 0.2) is 0 Å². The molecule has 0 saturated carbocycles. The molecule has 0 N–H and O–H groups in total. The van der Waals surface area contributed by atoms with E-state index in [4.69, 9.17) is 4.74 Å². The second-order valence-corrected chi connectivity index (χ2v) is 4.39. The van der Waals surface area contributed by atoms with Gasteiger partial charge in [-0.15, -0.1) is 0 Å². The summed E-state index contributed by atoms with van der Waals surface area (Å²) in [5.41, 5.74) is 0. The molecule has 4 nitrogen and oxygen atoms in total. The predicted octanol–water partition coefficient (Wildman–Crippen LogP) is 2.76. The van der Waals surface area contributed by atoms with Crippen molar-refractivity contribution >= 4 is 11.9 Å². The number of ether oxygens (including phenoxy) is 1. The highest BCUT2D eigenvalue weighted by molar-refractivity contribution is 5.81. The number of amides is 1. The SMILES string of the molecule is CCCCN(CCCC)C(=O)CCC(=O)OCC. The molecule has 0 radical (unpaired) electrons. The third-order valence-electron chi connectivity index (χ3n) is 2.76. The van der Waals surface area contributed by atoms with E-state index in [0.717, 1.165) is 38.8 Å². The van der Waals surface area contributed by atoms with Crippen LogP contribution in [0.4, 0.5) is 0 Å². The third-order valence-corrected chi connectivity index (χ3v) is 2.76. The molecular formula is C14H27NO3. The van der Waals surface area contributed by atoms with E-state index in [1.54, 1.807) is 6.92 Å². The van der Waals surface area contributed by atoms with Crippen LogP contribution < -0.4 is 0 Å². The molecule has 0 aromatic heterocycles. The molecule has 1 amide bonds. The minimum Gasteiger partial charge on any atom is -0.466 e. The summed E-state index contributed by atoms with van der Waals surface area (Å²) in [7, 11) is 0. The van der Waals surface area contributed by atoms with Crippen LogP contribution in [0.5, 0.6) is 0 Å². The van der Waals surface area contributed by atoms with Crippen molar-refractivity contribution in [2.75, 3.05) is 19.7 Å². The summed E-state index contributed by atoms with van der Waals surface area (Å²) < 4.78 is 4.82. The van der Waals surface area contributed by atoms with Gasteiger partial charge in [0.25, 0.3) is 0 Å². The lowest BCUT2D eigenvalue weighted by atomic mass is 10.2. The third kappa shape index (κ3) is 8.09. The molecule has 18 heavy (non-hydrogen) atoms. The largest absolute Gasteiger partial charge is 0.466 e. The fourth-order valence-electron chi connectivity index (χ4n) is 1.66. The van der Waals surface area contributed by atoms with Crippen LogP contribution in [0.3, 0.4) is 0 Å². The van der Waals surface area contributed by atoms with E-state index in [1.165, 1.54) is 0 Å². The van der Waals surface area contributed by atoms with Crippen molar-refractivity contribution in [1.29, 1.82) is 0 Å². The summed E-state index contributed by atoms with van der Waals surface area (Å²) >= 11 is 0. The lowest BCUT2D eigenvalue weighted by molar-refractivity contribution is -0.145. The molecule has 0 saturated heterocycles. The zero-order valence-corrected chi connectivity index (χ0v) is 12.0. The van der Waals surface area contributed by atoms with Crippen LogP contribution in [-0.4, -0.2) is 36.5 Å². The smallest absolute Gasteiger partial charge is 0.306 e. The van der Waals surface area contributed by atoms with Gasteiger partial charge in [-0.2, -0.15) is 0 Å². The Kier molecular flexibility index (Phi) is 10.4. The highest BCUT2D eigenvalue weighted by Gasteiger charge is 2.14. The van der Waals surface area contributed by atoms with Crippen LogP contribution in [0.2, 0.25) is 0 Å². The summed E-state index contributed by atoms with van der Waals surface area (Å²) in [6.07, 6.45) is 4.67. The molecule has 0 spiro atoms. The first-order valence-electron chi connectivity index (χ1n) is 7.09. The van der Waals surface area contributed by atoms with Crippen molar-refractivity contribution in [3.8, 4) is 0 Å². The Bertz CT molecular complexity index is 233. The Balaban J connectivity index is 4.06. The van der Waals surface area contributed by atoms with Crippen LogP contribution in [0, 0.1) is 0 Å². The maximum absolute atomic E-state index is 12.0. The van der Waals surface area contributed by atoms with Crippen LogP contribution >= 0.6 is 0 Å². The van der Waals surface area contributed by atoms with Crippen LogP contribution in [0.1, 0.15) is 59.3 Å². The number of carbonyl (C=O) groups is 2. The molecule has 0 bridgehead atoms. The van der Waals surface area contributed by atoms with Gasteiger partial charge in [0.1, 0.15) is 0 Å². The average molecular weight is 257 g/mol. The lowest BCUT2D eigenvalue weighted by Crippen LogP contribution is -2.33. The van der Waals surface area contributed by atoms with Crippen molar-refractivity contribution in [3.63, 3.8) is 0 Å². The Labute approximate surface area is 111 Å². The molecule has 0 aliphatic heterocycles. The monoisotopic (exact) mass is 257 g/mol. The standard InChI is InChI=1S/C14H27NO3/c1-4-7-11-15(12-8-5-2)13(16)9-10-14(17)18-6-3/h4-12H2,1-3H3. The highest BCUT2D eigenvalue weighted by atomic mass is 16.5. The molecule has 0 aromatic carbocycles. The van der Waals surface area contributed by atoms with E-state index < -0.39 is 0 Å². The number of unbranched alkanes of at least 4 members (excludes halogenated alkanes) is 2. The first-order chi connectivity index (χ1) is 8.65. The van der Waals surface area contributed by atoms with Gasteiger partial charge in [-0.1, -0.05) is 26.7 Å². The number of esters is 1. The maximum atomic E-state index is 12.0. The number of hydrogen-bond donors (Lipinski definition) is 0. The van der Waals surface area contributed by atoms with Crippen molar-refractivity contribution in [2.24, 2.45) is 0 Å². The Morgan fingerprint density at radius 1 is 0.944 bits per heavy atom. The van der Waals surface area contributed by atoms with Gasteiger partial charge in [-0.05, 0) is 19.8 Å². The van der Waals surface area contributed by atoms with Crippen molar-refractivity contribution in [1.82, 2.24) is 4.90 Å². The summed E-state index contributed by atoms with van der Waals surface area (Å²) in [6.45, 7) is 7.98. The van der Waals surface area contributed by atoms with E-state index >= 15 is 0 Å². The zero-order valence-electron chi connectivity index (χ0n) is 12.0. The molecule has 0 aliphatic rings. The summed E-state index contributed by atoms with van der Waals surface area (Å²) in [5, 5.41) is 0. The predicted molar refractivity (Wildman–Crippen MR) is 72.3 cm³/mol. The van der Waals surface area contributed by atoms with E-state index in [2.05, 4.69) is 13.8 Å². The Morgan fingerprint density at radius 2 is 1.50 bits per heavy atom. The number of hydrogen-bond acceptors (Lipinski definition) is 3. The Morgan fingerprint density at radius 3 is 1.94 bits per heavy atom. The number of nitrogens with zero attached hydrogens (tertiary/aromatic N) is 1. The highest BCUT2D eigenvalue weighted by Crippen LogP contribution is 2.04. The Hall–Kier alpha value is -1.06. The summed E-state index contributed by atoms with van der Waals surface area (Å²) in [5.74, 6) is -0.207. The fraction of sp³-hybridized carbons (Fsp3) is 0.857. The minimum atomic E-state index is -0.281. The van der Waals surface area contributed by atoms with Gasteiger partial charge in [0, 0.05) is 19.5 Å². The van der Waals surface area contributed by atoms with Crippen molar-refractivity contribution < 1.29 is 14.3 Å². The topological polar surface area (TPSA) is 46.6 Å². The zero-order chi connectivity index (χ0) is 13.8. The number of rotatable bonds is 10. The molecular weight excluding hydrogens is 230 g/mol. The second-order valence-electron chi connectivity index (χ2n) is 4.39. The van der Waals surface area contributed by atoms with Crippen LogP contribution in [0.25, 0.3) is 0 Å². The first-order valence-corrected chi connectivity index (χ1v) is 7.09. The van der Waals surface area contributed by atoms with Gasteiger partial charge >= 0.3 is 5.97 Å².